The van der Waals surface area contributed by atoms with E-state index in [1.807, 2.05) is 24.3 Å². The molecule has 17 heteroatoms. The summed E-state index contributed by atoms with van der Waals surface area (Å²) >= 11 is 0. The molecule has 5 amide bonds. The van der Waals surface area contributed by atoms with Gasteiger partial charge in [0.15, 0.2) is 17.5 Å². The van der Waals surface area contributed by atoms with E-state index in [1.165, 1.54) is 17.0 Å². The number of halogens is 1. The number of rotatable bonds is 16. The number of nitrogens with zero attached hydrogens (tertiary/aromatic N) is 2. The largest absolute Gasteiger partial charge is 0.505 e. The zero-order chi connectivity index (χ0) is 36.4. The first-order valence-corrected chi connectivity index (χ1v) is 15.8. The number of amides is 5. The Kier molecular flexibility index (Phi) is 12.5. The molecule has 1 unspecified atom stereocenters. The van der Waals surface area contributed by atoms with Crippen LogP contribution in [0.4, 0.5) is 4.39 Å². The number of nitrogens with two attached hydrogens (primary N) is 4. The van der Waals surface area contributed by atoms with Crippen molar-refractivity contribution >= 4 is 46.4 Å². The lowest BCUT2D eigenvalue weighted by atomic mass is 10.0. The Hall–Kier alpha value is -5.97. The summed E-state index contributed by atoms with van der Waals surface area (Å²) in [7, 11) is 0. The van der Waals surface area contributed by atoms with Gasteiger partial charge < -0.3 is 53.9 Å². The van der Waals surface area contributed by atoms with Crippen LogP contribution in [0.2, 0.25) is 0 Å². The Morgan fingerprint density at radius 2 is 1.80 bits per heavy atom. The highest BCUT2D eigenvalue weighted by molar-refractivity contribution is 5.96. The van der Waals surface area contributed by atoms with Crippen molar-refractivity contribution in [1.29, 1.82) is 0 Å². The highest BCUT2D eigenvalue weighted by atomic mass is 19.1. The van der Waals surface area contributed by atoms with Gasteiger partial charge in [0.25, 0.3) is 0 Å². The van der Waals surface area contributed by atoms with Crippen LogP contribution in [0, 0.1) is 5.82 Å². The van der Waals surface area contributed by atoms with Gasteiger partial charge in [0.2, 0.25) is 29.5 Å². The van der Waals surface area contributed by atoms with Crippen LogP contribution in [0.15, 0.2) is 65.8 Å². The highest BCUT2D eigenvalue weighted by Crippen LogP contribution is 2.20. The third kappa shape index (κ3) is 9.79. The molecule has 1 aliphatic rings. The lowest BCUT2D eigenvalue weighted by molar-refractivity contribution is -0.139. The lowest BCUT2D eigenvalue weighted by Crippen LogP contribution is -2.56. The number of guanidine groups is 1. The maximum absolute atomic E-state index is 13.8. The van der Waals surface area contributed by atoms with E-state index in [1.54, 1.807) is 12.3 Å². The lowest BCUT2D eigenvalue weighted by Gasteiger charge is -2.28. The van der Waals surface area contributed by atoms with Crippen LogP contribution in [-0.4, -0.2) is 94.3 Å². The fourth-order valence-electron chi connectivity index (χ4n) is 5.52. The van der Waals surface area contributed by atoms with Crippen molar-refractivity contribution in [3.05, 3.63) is 77.8 Å². The number of carbonyl (C=O) groups excluding carboxylic acids is 5. The number of hydrogen-bond donors (Lipinski definition) is 9. The van der Waals surface area contributed by atoms with Gasteiger partial charge >= 0.3 is 0 Å². The summed E-state index contributed by atoms with van der Waals surface area (Å²) in [5, 5.41) is 17.9. The summed E-state index contributed by atoms with van der Waals surface area (Å²) in [4.78, 5) is 73.1. The second kappa shape index (κ2) is 16.9. The van der Waals surface area contributed by atoms with Crippen molar-refractivity contribution in [3.63, 3.8) is 0 Å². The Balaban J connectivity index is 1.37. The SMILES string of the molecule is NC(=O)[C@H](Cc1c[nH]c2ccccc12)NC(=O)CNC(=O)[C@H](CCCN=C(N)N)NC(=O)[C@@H]1C=CCN1C(=O)C(N)Cc1ccc(O)c(F)c1. The van der Waals surface area contributed by atoms with Gasteiger partial charge in [-0.15, -0.1) is 0 Å². The fraction of sp³-hybridized carbons (Fsp3) is 0.333. The van der Waals surface area contributed by atoms with Crippen LogP contribution in [0.1, 0.15) is 24.0 Å². The molecule has 2 heterocycles. The number of nitrogens with one attached hydrogen (secondary N) is 4. The molecule has 50 heavy (non-hydrogen) atoms. The van der Waals surface area contributed by atoms with Gasteiger partial charge in [-0.1, -0.05) is 36.4 Å². The monoisotopic (exact) mass is 692 g/mol. The second-order valence-corrected chi connectivity index (χ2v) is 11.8. The van der Waals surface area contributed by atoms with E-state index in [-0.39, 0.29) is 44.7 Å². The van der Waals surface area contributed by atoms with Gasteiger partial charge in [0, 0.05) is 36.6 Å². The first-order valence-electron chi connectivity index (χ1n) is 15.8. The van der Waals surface area contributed by atoms with Crippen LogP contribution in [0.5, 0.6) is 5.75 Å². The van der Waals surface area contributed by atoms with Crippen molar-refractivity contribution in [1.82, 2.24) is 25.8 Å². The number of primary amides is 1. The third-order valence-corrected chi connectivity index (χ3v) is 8.07. The molecular formula is C33H41FN10O6. The minimum absolute atomic E-state index is 0.0584. The van der Waals surface area contributed by atoms with E-state index in [0.717, 1.165) is 28.6 Å². The number of hydrogen-bond acceptors (Lipinski definition) is 8. The molecule has 0 saturated heterocycles. The number of benzene rings is 2. The van der Waals surface area contributed by atoms with Crippen molar-refractivity contribution in [2.45, 2.75) is 49.9 Å². The average molecular weight is 693 g/mol. The van der Waals surface area contributed by atoms with Crippen molar-refractivity contribution in [2.24, 2.45) is 27.9 Å². The number of carbonyl (C=O) groups is 5. The van der Waals surface area contributed by atoms with E-state index < -0.39 is 71.8 Å². The number of aliphatic imine (C=N–C) groups is 1. The van der Waals surface area contributed by atoms with E-state index >= 15 is 0 Å². The fourth-order valence-corrected chi connectivity index (χ4v) is 5.52. The number of aromatic amines is 1. The van der Waals surface area contributed by atoms with Gasteiger partial charge in [-0.2, -0.15) is 0 Å². The van der Waals surface area contributed by atoms with E-state index in [2.05, 4.69) is 25.9 Å². The van der Waals surface area contributed by atoms with Gasteiger partial charge in [0.05, 0.1) is 12.6 Å². The molecule has 3 aromatic rings. The zero-order valence-corrected chi connectivity index (χ0v) is 27.1. The predicted molar refractivity (Wildman–Crippen MR) is 182 cm³/mol. The molecule has 0 aliphatic carbocycles. The minimum Gasteiger partial charge on any atom is -0.505 e. The Bertz CT molecular complexity index is 1790. The van der Waals surface area contributed by atoms with Crippen LogP contribution in [0.25, 0.3) is 10.9 Å². The third-order valence-electron chi connectivity index (χ3n) is 8.07. The average Bonchev–Trinajstić information content (AvgIpc) is 3.74. The standard InChI is InChI=1S/C33H41FN10O6/c34-21-13-18(9-10-27(21)45)14-22(35)32(50)44-12-4-8-26(44)31(49)43-24(7-3-11-39-33(37)38)30(48)41-17-28(46)42-25(29(36)47)15-19-16-40-23-6-2-1-5-20(19)23/h1-2,4-6,8-10,13,16,22,24-26,40,45H,3,7,11-12,14-15,17,35H2,(H2,36,47)(H,41,48)(H,42,46)(H,43,49)(H4,37,38,39)/t22?,24-,25-,26-/m0/s1. The van der Waals surface area contributed by atoms with Gasteiger partial charge in [0.1, 0.15) is 18.1 Å². The quantitative estimate of drug-likeness (QED) is 0.0366. The first-order chi connectivity index (χ1) is 23.8. The number of aromatic nitrogens is 1. The summed E-state index contributed by atoms with van der Waals surface area (Å²) in [5.41, 5.74) is 24.4. The van der Waals surface area contributed by atoms with E-state index in [9.17, 15) is 33.5 Å². The summed E-state index contributed by atoms with van der Waals surface area (Å²) in [6.07, 6.45) is 5.20. The van der Waals surface area contributed by atoms with Crippen LogP contribution >= 0.6 is 0 Å². The predicted octanol–water partition coefficient (Wildman–Crippen LogP) is -1.48. The molecule has 266 valence electrons. The molecule has 1 aliphatic heterocycles. The number of fused-ring (bicyclic) bond motifs is 1. The van der Waals surface area contributed by atoms with Gasteiger partial charge in [-0.3, -0.25) is 29.0 Å². The van der Waals surface area contributed by atoms with Crippen molar-refractivity contribution in [2.75, 3.05) is 19.6 Å². The first kappa shape index (κ1) is 36.9. The molecule has 13 N–H and O–H groups in total. The van der Waals surface area contributed by atoms with Gasteiger partial charge in [-0.05, 0) is 48.6 Å². The molecule has 0 saturated carbocycles. The molecule has 2 aromatic carbocycles. The molecule has 1 aromatic heterocycles. The number of para-hydroxylation sites is 1. The van der Waals surface area contributed by atoms with E-state index in [0.29, 0.717) is 5.56 Å². The molecule has 0 bridgehead atoms. The topological polar surface area (TPSA) is 277 Å². The number of aromatic hydroxyl groups is 1. The van der Waals surface area contributed by atoms with Gasteiger partial charge in [-0.25, -0.2) is 4.39 Å². The number of phenolic OH excluding ortho intramolecular Hbond substituents is 1. The molecule has 0 radical (unpaired) electrons. The molecule has 16 nitrogen and oxygen atoms in total. The smallest absolute Gasteiger partial charge is 0.247 e. The van der Waals surface area contributed by atoms with Crippen molar-refractivity contribution in [3.8, 4) is 5.75 Å². The van der Waals surface area contributed by atoms with Crippen molar-refractivity contribution < 1.29 is 33.5 Å². The summed E-state index contributed by atoms with van der Waals surface area (Å²) < 4.78 is 13.8. The molecule has 0 fully saturated rings. The normalized spacial score (nSPS) is 15.6. The maximum Gasteiger partial charge on any atom is 0.247 e. The highest BCUT2D eigenvalue weighted by Gasteiger charge is 2.35. The van der Waals surface area contributed by atoms with Crippen LogP contribution < -0.4 is 38.9 Å². The maximum atomic E-state index is 13.8. The Morgan fingerprint density at radius 1 is 1.04 bits per heavy atom. The summed E-state index contributed by atoms with van der Waals surface area (Å²) in [6.45, 7) is -0.315. The summed E-state index contributed by atoms with van der Waals surface area (Å²) in [5.74, 6) is -5.00. The minimum atomic E-state index is -1.16. The second-order valence-electron chi connectivity index (χ2n) is 11.8. The summed E-state index contributed by atoms with van der Waals surface area (Å²) in [6, 6.07) is 6.62. The molecule has 4 rings (SSSR count). The Morgan fingerprint density at radius 3 is 2.52 bits per heavy atom. The number of H-pyrrole nitrogens is 1. The molecule has 4 atom stereocenters. The Labute approximate surface area is 286 Å². The molecular weight excluding hydrogens is 651 g/mol. The van der Waals surface area contributed by atoms with Crippen LogP contribution in [0.3, 0.4) is 0 Å². The molecule has 0 spiro atoms. The number of phenols is 1. The van der Waals surface area contributed by atoms with E-state index in [4.69, 9.17) is 22.9 Å². The van der Waals surface area contributed by atoms with Crippen LogP contribution in [-0.2, 0) is 36.8 Å². The zero-order valence-electron chi connectivity index (χ0n) is 27.1.